The number of rotatable bonds is 4. The van der Waals surface area contributed by atoms with Crippen LogP contribution >= 0.6 is 0 Å². The number of hydrogen-bond donors (Lipinski definition) is 2. The molecule has 1 atom stereocenters. The Morgan fingerprint density at radius 2 is 2.24 bits per heavy atom. The third-order valence-electron chi connectivity index (χ3n) is 4.30. The monoisotopic (exact) mass is 284 g/mol. The molecule has 0 bridgehead atoms. The number of aromatic nitrogens is 2. The van der Waals surface area contributed by atoms with E-state index in [2.05, 4.69) is 22.7 Å². The summed E-state index contributed by atoms with van der Waals surface area (Å²) in [5.74, 6) is 0.113. The van der Waals surface area contributed by atoms with Crippen LogP contribution in [0.5, 0.6) is 0 Å². The molecule has 5 heteroatoms. The van der Waals surface area contributed by atoms with Crippen molar-refractivity contribution in [3.63, 3.8) is 0 Å². The van der Waals surface area contributed by atoms with Crippen molar-refractivity contribution < 1.29 is 4.79 Å². The lowest BCUT2D eigenvalue weighted by Crippen LogP contribution is -2.37. The maximum atomic E-state index is 12.5. The highest BCUT2D eigenvalue weighted by atomic mass is 16.2. The maximum absolute atomic E-state index is 12.5. The van der Waals surface area contributed by atoms with E-state index in [0.717, 1.165) is 37.3 Å². The number of amides is 1. The molecule has 2 heterocycles. The first-order valence-corrected chi connectivity index (χ1v) is 7.36. The first-order valence-electron chi connectivity index (χ1n) is 7.36. The predicted octanol–water partition coefficient (Wildman–Crippen LogP) is 2.20. The second-order valence-electron chi connectivity index (χ2n) is 5.51. The van der Waals surface area contributed by atoms with Gasteiger partial charge in [-0.1, -0.05) is 6.92 Å². The number of benzene rings is 1. The summed E-state index contributed by atoms with van der Waals surface area (Å²) < 4.78 is 1.79. The number of hydrogen-bond acceptors (Lipinski definition) is 3. The Balaban J connectivity index is 1.72. The number of anilines is 1. The molecule has 3 rings (SSSR count). The maximum Gasteiger partial charge on any atom is 0.231 e. The fourth-order valence-corrected chi connectivity index (χ4v) is 2.78. The molecular formula is C16H20N4O. The summed E-state index contributed by atoms with van der Waals surface area (Å²) in [4.78, 5) is 12.5. The van der Waals surface area contributed by atoms with Crippen LogP contribution in [0.15, 0.2) is 42.7 Å². The third kappa shape index (κ3) is 2.69. The molecule has 1 amide bonds. The van der Waals surface area contributed by atoms with Crippen molar-refractivity contribution in [3.8, 4) is 5.69 Å². The van der Waals surface area contributed by atoms with Crippen molar-refractivity contribution in [2.24, 2.45) is 5.41 Å². The standard InChI is InChI=1S/C16H20N4O/c1-2-16(8-10-17-12-16)15(21)19-13-4-6-14(7-5-13)20-11-3-9-18-20/h3-7,9,11,17H,2,8,10,12H2,1H3,(H,19,21). The minimum absolute atomic E-state index is 0.113. The van der Waals surface area contributed by atoms with Crippen molar-refractivity contribution in [1.29, 1.82) is 0 Å². The van der Waals surface area contributed by atoms with Crippen LogP contribution in [0.3, 0.4) is 0 Å². The van der Waals surface area contributed by atoms with Crippen LogP contribution in [0.1, 0.15) is 19.8 Å². The smallest absolute Gasteiger partial charge is 0.231 e. The summed E-state index contributed by atoms with van der Waals surface area (Å²) in [6.45, 7) is 3.76. The topological polar surface area (TPSA) is 59.0 Å². The normalized spacial score (nSPS) is 21.4. The minimum Gasteiger partial charge on any atom is -0.326 e. The van der Waals surface area contributed by atoms with Crippen molar-refractivity contribution in [1.82, 2.24) is 15.1 Å². The van der Waals surface area contributed by atoms with Gasteiger partial charge in [0.05, 0.1) is 11.1 Å². The summed E-state index contributed by atoms with van der Waals surface area (Å²) in [7, 11) is 0. The Hall–Kier alpha value is -2.14. The number of carbonyl (C=O) groups is 1. The molecule has 2 aromatic rings. The Morgan fingerprint density at radius 3 is 2.81 bits per heavy atom. The molecule has 1 aliphatic rings. The van der Waals surface area contributed by atoms with Crippen LogP contribution in [0.25, 0.3) is 5.69 Å². The molecule has 1 unspecified atom stereocenters. The minimum atomic E-state index is -0.263. The number of carbonyl (C=O) groups excluding carboxylic acids is 1. The lowest BCUT2D eigenvalue weighted by Gasteiger charge is -2.25. The Kier molecular flexibility index (Phi) is 3.75. The van der Waals surface area contributed by atoms with Gasteiger partial charge >= 0.3 is 0 Å². The van der Waals surface area contributed by atoms with Gasteiger partial charge in [-0.25, -0.2) is 4.68 Å². The first kappa shape index (κ1) is 13.8. The van der Waals surface area contributed by atoms with E-state index < -0.39 is 0 Å². The van der Waals surface area contributed by atoms with E-state index >= 15 is 0 Å². The van der Waals surface area contributed by atoms with Crippen LogP contribution in [0.4, 0.5) is 5.69 Å². The van der Waals surface area contributed by atoms with Crippen LogP contribution in [-0.4, -0.2) is 28.8 Å². The molecule has 21 heavy (non-hydrogen) atoms. The van der Waals surface area contributed by atoms with Crippen molar-refractivity contribution in [3.05, 3.63) is 42.7 Å². The molecule has 1 fully saturated rings. The van der Waals surface area contributed by atoms with Gasteiger partial charge in [0, 0.05) is 24.6 Å². The van der Waals surface area contributed by atoms with Crippen molar-refractivity contribution in [2.45, 2.75) is 19.8 Å². The van der Waals surface area contributed by atoms with Crippen LogP contribution in [-0.2, 0) is 4.79 Å². The van der Waals surface area contributed by atoms with E-state index in [1.165, 1.54) is 0 Å². The highest BCUT2D eigenvalue weighted by Crippen LogP contribution is 2.31. The fourth-order valence-electron chi connectivity index (χ4n) is 2.78. The summed E-state index contributed by atoms with van der Waals surface area (Å²) in [5.41, 5.74) is 1.54. The quantitative estimate of drug-likeness (QED) is 0.905. The van der Waals surface area contributed by atoms with E-state index in [4.69, 9.17) is 0 Å². The van der Waals surface area contributed by atoms with Gasteiger partial charge in [-0.15, -0.1) is 0 Å². The lowest BCUT2D eigenvalue weighted by atomic mass is 9.83. The highest BCUT2D eigenvalue weighted by molar-refractivity contribution is 5.95. The van der Waals surface area contributed by atoms with Gasteiger partial charge in [0.15, 0.2) is 0 Å². The van der Waals surface area contributed by atoms with Gasteiger partial charge in [0.1, 0.15) is 0 Å². The molecule has 1 saturated heterocycles. The number of nitrogens with one attached hydrogen (secondary N) is 2. The van der Waals surface area contributed by atoms with Crippen LogP contribution in [0, 0.1) is 5.41 Å². The Bertz CT molecular complexity index is 598. The van der Waals surface area contributed by atoms with E-state index in [9.17, 15) is 4.79 Å². The average Bonchev–Trinajstić information content (AvgIpc) is 3.20. The van der Waals surface area contributed by atoms with Gasteiger partial charge < -0.3 is 10.6 Å². The van der Waals surface area contributed by atoms with E-state index in [0.29, 0.717) is 0 Å². The molecule has 1 aromatic heterocycles. The predicted molar refractivity (Wildman–Crippen MR) is 82.4 cm³/mol. The van der Waals surface area contributed by atoms with E-state index in [1.807, 2.05) is 36.5 Å². The fraction of sp³-hybridized carbons (Fsp3) is 0.375. The van der Waals surface area contributed by atoms with Crippen molar-refractivity contribution in [2.75, 3.05) is 18.4 Å². The van der Waals surface area contributed by atoms with E-state index in [1.54, 1.807) is 10.9 Å². The van der Waals surface area contributed by atoms with Gasteiger partial charge in [-0.2, -0.15) is 5.10 Å². The molecule has 1 aliphatic heterocycles. The highest BCUT2D eigenvalue weighted by Gasteiger charge is 2.39. The zero-order valence-corrected chi connectivity index (χ0v) is 12.2. The second kappa shape index (κ2) is 5.69. The molecule has 0 spiro atoms. The number of nitrogens with zero attached hydrogens (tertiary/aromatic N) is 2. The largest absolute Gasteiger partial charge is 0.326 e. The van der Waals surface area contributed by atoms with Gasteiger partial charge in [-0.3, -0.25) is 4.79 Å². The zero-order chi connectivity index (χ0) is 14.7. The second-order valence-corrected chi connectivity index (χ2v) is 5.51. The Morgan fingerprint density at radius 1 is 1.43 bits per heavy atom. The van der Waals surface area contributed by atoms with Crippen LogP contribution < -0.4 is 10.6 Å². The third-order valence-corrected chi connectivity index (χ3v) is 4.30. The molecule has 0 saturated carbocycles. The molecular weight excluding hydrogens is 264 g/mol. The van der Waals surface area contributed by atoms with Gasteiger partial charge in [0.25, 0.3) is 0 Å². The first-order chi connectivity index (χ1) is 10.2. The molecule has 5 nitrogen and oxygen atoms in total. The SMILES string of the molecule is CCC1(C(=O)Nc2ccc(-n3cccn3)cc2)CCNC1. The summed E-state index contributed by atoms with van der Waals surface area (Å²) in [5, 5.41) is 10.5. The molecule has 0 aliphatic carbocycles. The molecule has 2 N–H and O–H groups in total. The zero-order valence-electron chi connectivity index (χ0n) is 12.2. The molecule has 1 aromatic carbocycles. The van der Waals surface area contributed by atoms with Gasteiger partial charge in [-0.05, 0) is 49.7 Å². The van der Waals surface area contributed by atoms with E-state index in [-0.39, 0.29) is 11.3 Å². The molecule has 0 radical (unpaired) electrons. The Labute approximate surface area is 124 Å². The summed E-state index contributed by atoms with van der Waals surface area (Å²) in [6, 6.07) is 9.62. The van der Waals surface area contributed by atoms with Crippen molar-refractivity contribution >= 4 is 11.6 Å². The van der Waals surface area contributed by atoms with Gasteiger partial charge in [0.2, 0.25) is 5.91 Å². The summed E-state index contributed by atoms with van der Waals surface area (Å²) >= 11 is 0. The molecule has 110 valence electrons. The summed E-state index contributed by atoms with van der Waals surface area (Å²) in [6.07, 6.45) is 5.40. The average molecular weight is 284 g/mol. The van der Waals surface area contributed by atoms with Crippen LogP contribution in [0.2, 0.25) is 0 Å². The lowest BCUT2D eigenvalue weighted by molar-refractivity contribution is -0.124.